The average Bonchev–Trinajstić information content (AvgIpc) is 2.38. The lowest BCUT2D eigenvalue weighted by atomic mass is 10.0. The van der Waals surface area contributed by atoms with E-state index in [0.717, 1.165) is 12.8 Å². The number of amides is 1. The number of rotatable bonds is 2. The Hall–Kier alpha value is -2.11. The van der Waals surface area contributed by atoms with Gasteiger partial charge in [0.2, 0.25) is 0 Å². The molecule has 2 rings (SSSR count). The Balaban J connectivity index is 2.31. The summed E-state index contributed by atoms with van der Waals surface area (Å²) >= 11 is 0. The maximum Gasteiger partial charge on any atom is 0.326 e. The van der Waals surface area contributed by atoms with Gasteiger partial charge >= 0.3 is 5.97 Å². The number of aromatic nitrogens is 1. The lowest BCUT2D eigenvalue weighted by Crippen LogP contribution is -2.49. The van der Waals surface area contributed by atoms with Crippen molar-refractivity contribution in [3.63, 3.8) is 0 Å². The van der Waals surface area contributed by atoms with E-state index in [2.05, 4.69) is 4.98 Å². The van der Waals surface area contributed by atoms with Crippen LogP contribution in [0.15, 0.2) is 17.1 Å². The van der Waals surface area contributed by atoms with E-state index < -0.39 is 17.9 Å². The van der Waals surface area contributed by atoms with Crippen molar-refractivity contribution in [3.8, 4) is 0 Å². The molecule has 1 fully saturated rings. The molecule has 0 unspecified atom stereocenters. The maximum atomic E-state index is 12.3. The number of likely N-dealkylation sites (tertiary alicyclic amines) is 1. The third-order valence-corrected chi connectivity index (χ3v) is 3.34. The van der Waals surface area contributed by atoms with Gasteiger partial charge in [-0.1, -0.05) is 0 Å². The van der Waals surface area contributed by atoms with Crippen LogP contribution in [0.2, 0.25) is 0 Å². The second-order valence-corrected chi connectivity index (χ2v) is 4.74. The van der Waals surface area contributed by atoms with Gasteiger partial charge in [0, 0.05) is 24.5 Å². The van der Waals surface area contributed by atoms with Gasteiger partial charge in [-0.25, -0.2) is 4.79 Å². The van der Waals surface area contributed by atoms with E-state index in [4.69, 9.17) is 5.11 Å². The molecule has 19 heavy (non-hydrogen) atoms. The number of H-pyrrole nitrogens is 1. The van der Waals surface area contributed by atoms with Crippen LogP contribution in [0.4, 0.5) is 0 Å². The number of pyridine rings is 1. The fourth-order valence-electron chi connectivity index (χ4n) is 2.33. The van der Waals surface area contributed by atoms with E-state index in [0.29, 0.717) is 18.7 Å². The molecule has 1 aromatic rings. The molecule has 2 heterocycles. The van der Waals surface area contributed by atoms with Gasteiger partial charge in [-0.3, -0.25) is 9.59 Å². The minimum Gasteiger partial charge on any atom is -0.480 e. The summed E-state index contributed by atoms with van der Waals surface area (Å²) in [5.41, 5.74) is 0.282. The molecule has 1 saturated heterocycles. The highest BCUT2D eigenvalue weighted by atomic mass is 16.4. The molecule has 0 spiro atoms. The average molecular weight is 264 g/mol. The van der Waals surface area contributed by atoms with Gasteiger partial charge in [0.05, 0.1) is 0 Å². The molecule has 0 radical (unpaired) electrons. The standard InChI is InChI=1S/C13H16N2O4/c1-8-6-11(16)9(7-14-8)12(17)15-5-3-2-4-10(15)13(18)19/h6-7,10H,2-5H2,1H3,(H,14,16)(H,18,19)/t10-/m0/s1. The summed E-state index contributed by atoms with van der Waals surface area (Å²) in [5.74, 6) is -1.52. The number of hydrogen-bond acceptors (Lipinski definition) is 3. The Kier molecular flexibility index (Phi) is 3.69. The first-order valence-corrected chi connectivity index (χ1v) is 6.24. The number of aliphatic carboxylic acids is 1. The Bertz CT molecular complexity index is 564. The lowest BCUT2D eigenvalue weighted by Gasteiger charge is -2.32. The van der Waals surface area contributed by atoms with Crippen LogP contribution in [0.25, 0.3) is 0 Å². The van der Waals surface area contributed by atoms with Gasteiger partial charge in [0.15, 0.2) is 5.43 Å². The van der Waals surface area contributed by atoms with Gasteiger partial charge in [-0.2, -0.15) is 0 Å². The minimum absolute atomic E-state index is 0.00116. The smallest absolute Gasteiger partial charge is 0.326 e. The van der Waals surface area contributed by atoms with Crippen LogP contribution in [0, 0.1) is 6.92 Å². The quantitative estimate of drug-likeness (QED) is 0.825. The third kappa shape index (κ3) is 2.67. The van der Waals surface area contributed by atoms with Crippen molar-refractivity contribution in [2.45, 2.75) is 32.2 Å². The van der Waals surface area contributed by atoms with Crippen molar-refractivity contribution >= 4 is 11.9 Å². The first kappa shape index (κ1) is 13.3. The summed E-state index contributed by atoms with van der Waals surface area (Å²) in [4.78, 5) is 39.3. The van der Waals surface area contributed by atoms with Gasteiger partial charge in [-0.05, 0) is 26.2 Å². The molecule has 0 aliphatic carbocycles. The number of nitrogens with one attached hydrogen (secondary N) is 1. The predicted octanol–water partition coefficient (Wildman–Crippen LogP) is 0.763. The molecule has 1 aliphatic rings. The summed E-state index contributed by atoms with van der Waals surface area (Å²) in [6.07, 6.45) is 3.34. The molecule has 1 aliphatic heterocycles. The van der Waals surface area contributed by atoms with E-state index in [1.54, 1.807) is 6.92 Å². The normalized spacial score (nSPS) is 19.2. The number of nitrogens with zero attached hydrogens (tertiary/aromatic N) is 1. The van der Waals surface area contributed by atoms with E-state index in [1.807, 2.05) is 0 Å². The fourth-order valence-corrected chi connectivity index (χ4v) is 2.33. The monoisotopic (exact) mass is 264 g/mol. The van der Waals surface area contributed by atoms with E-state index in [1.165, 1.54) is 17.2 Å². The molecule has 0 bridgehead atoms. The van der Waals surface area contributed by atoms with Gasteiger partial charge < -0.3 is 15.0 Å². The maximum absolute atomic E-state index is 12.3. The summed E-state index contributed by atoms with van der Waals surface area (Å²) in [6, 6.07) is 0.509. The zero-order valence-corrected chi connectivity index (χ0v) is 10.7. The molecule has 0 aromatic carbocycles. The van der Waals surface area contributed by atoms with Crippen LogP contribution in [0.1, 0.15) is 35.3 Å². The summed E-state index contributed by atoms with van der Waals surface area (Å²) in [5, 5.41) is 9.14. The van der Waals surface area contributed by atoms with Crippen molar-refractivity contribution < 1.29 is 14.7 Å². The Labute approximate surface area is 110 Å². The third-order valence-electron chi connectivity index (χ3n) is 3.34. The fraction of sp³-hybridized carbons (Fsp3) is 0.462. The Morgan fingerprint density at radius 3 is 2.79 bits per heavy atom. The number of carbonyl (C=O) groups excluding carboxylic acids is 1. The summed E-state index contributed by atoms with van der Waals surface area (Å²) in [6.45, 7) is 2.10. The zero-order valence-electron chi connectivity index (χ0n) is 10.7. The molecule has 2 N–H and O–H groups in total. The highest BCUT2D eigenvalue weighted by Crippen LogP contribution is 2.19. The summed E-state index contributed by atoms with van der Waals surface area (Å²) < 4.78 is 0. The van der Waals surface area contributed by atoms with Crippen molar-refractivity contribution in [1.29, 1.82) is 0 Å². The first-order chi connectivity index (χ1) is 9.00. The molecular formula is C13H16N2O4. The zero-order chi connectivity index (χ0) is 14.0. The first-order valence-electron chi connectivity index (χ1n) is 6.24. The van der Waals surface area contributed by atoms with Crippen molar-refractivity contribution in [3.05, 3.63) is 33.7 Å². The van der Waals surface area contributed by atoms with E-state index in [-0.39, 0.29) is 11.0 Å². The van der Waals surface area contributed by atoms with Crippen LogP contribution >= 0.6 is 0 Å². The molecule has 1 amide bonds. The molecule has 6 heteroatoms. The molecule has 102 valence electrons. The Morgan fingerprint density at radius 2 is 2.16 bits per heavy atom. The highest BCUT2D eigenvalue weighted by Gasteiger charge is 2.33. The van der Waals surface area contributed by atoms with Crippen LogP contribution in [0.5, 0.6) is 0 Å². The lowest BCUT2D eigenvalue weighted by molar-refractivity contribution is -0.143. The highest BCUT2D eigenvalue weighted by molar-refractivity contribution is 5.96. The minimum atomic E-state index is -1.02. The van der Waals surface area contributed by atoms with Crippen LogP contribution < -0.4 is 5.43 Å². The molecule has 1 aromatic heterocycles. The van der Waals surface area contributed by atoms with Gasteiger partial charge in [0.25, 0.3) is 5.91 Å². The number of carboxylic acids is 1. The number of piperidine rings is 1. The molecule has 6 nitrogen and oxygen atoms in total. The number of carbonyl (C=O) groups is 2. The van der Waals surface area contributed by atoms with E-state index in [9.17, 15) is 14.4 Å². The number of aromatic amines is 1. The number of carboxylic acid groups (broad SMARTS) is 1. The van der Waals surface area contributed by atoms with Gasteiger partial charge in [-0.15, -0.1) is 0 Å². The van der Waals surface area contributed by atoms with Crippen molar-refractivity contribution in [2.75, 3.05) is 6.54 Å². The van der Waals surface area contributed by atoms with E-state index >= 15 is 0 Å². The number of hydrogen-bond donors (Lipinski definition) is 2. The molecule has 1 atom stereocenters. The summed E-state index contributed by atoms with van der Waals surface area (Å²) in [7, 11) is 0. The topological polar surface area (TPSA) is 90.5 Å². The van der Waals surface area contributed by atoms with Crippen molar-refractivity contribution in [1.82, 2.24) is 9.88 Å². The molecular weight excluding hydrogens is 248 g/mol. The second kappa shape index (κ2) is 5.26. The SMILES string of the molecule is Cc1cc(=O)c(C(=O)N2CCCC[C@H]2C(=O)O)c[nH]1. The van der Waals surface area contributed by atoms with Gasteiger partial charge in [0.1, 0.15) is 11.6 Å². The largest absolute Gasteiger partial charge is 0.480 e. The Morgan fingerprint density at radius 1 is 1.42 bits per heavy atom. The predicted molar refractivity (Wildman–Crippen MR) is 68.1 cm³/mol. The van der Waals surface area contributed by atoms with Crippen LogP contribution in [0.3, 0.4) is 0 Å². The van der Waals surface area contributed by atoms with Crippen molar-refractivity contribution in [2.24, 2.45) is 0 Å². The molecule has 0 saturated carbocycles. The second-order valence-electron chi connectivity index (χ2n) is 4.74. The number of aryl methyl sites for hydroxylation is 1. The van der Waals surface area contributed by atoms with Crippen LogP contribution in [-0.2, 0) is 4.79 Å². The van der Waals surface area contributed by atoms with Crippen LogP contribution in [-0.4, -0.2) is 39.5 Å².